The average Bonchev–Trinajstić information content (AvgIpc) is 2.81. The van der Waals surface area contributed by atoms with E-state index in [1.54, 1.807) is 0 Å². The summed E-state index contributed by atoms with van der Waals surface area (Å²) in [6.07, 6.45) is -3.27. The molecule has 0 unspecified atom stereocenters. The number of ether oxygens (including phenoxy) is 1. The zero-order chi connectivity index (χ0) is 14.9. The number of alkyl halides is 3. The van der Waals surface area contributed by atoms with Crippen LogP contribution in [-0.2, 0) is 6.18 Å². The lowest BCUT2D eigenvalue weighted by Gasteiger charge is -2.09. The fourth-order valence-corrected chi connectivity index (χ4v) is 1.67. The van der Waals surface area contributed by atoms with Gasteiger partial charge >= 0.3 is 12.1 Å². The smallest absolute Gasteiger partial charge is 0.416 e. The van der Waals surface area contributed by atoms with Crippen molar-refractivity contribution in [3.8, 4) is 11.4 Å². The highest BCUT2D eigenvalue weighted by Crippen LogP contribution is 2.30. The third kappa shape index (κ3) is 2.44. The topological polar surface area (TPSA) is 64.4 Å². The van der Waals surface area contributed by atoms with E-state index in [9.17, 15) is 18.0 Å². The minimum atomic E-state index is -4.45. The van der Waals surface area contributed by atoms with Crippen LogP contribution in [0.3, 0.4) is 0 Å². The van der Waals surface area contributed by atoms with Crippen LogP contribution in [0.1, 0.15) is 16.1 Å². The van der Waals surface area contributed by atoms with Gasteiger partial charge in [0, 0.05) is 0 Å². The first-order valence-corrected chi connectivity index (χ1v) is 5.37. The molecule has 1 N–H and O–H groups in total. The number of carboxylic acids is 1. The molecule has 0 aliphatic carbocycles. The van der Waals surface area contributed by atoms with Gasteiger partial charge in [0.25, 0.3) is 0 Å². The van der Waals surface area contributed by atoms with Crippen molar-refractivity contribution in [1.82, 2.24) is 9.78 Å². The van der Waals surface area contributed by atoms with E-state index in [0.29, 0.717) is 0 Å². The maximum atomic E-state index is 12.5. The highest BCUT2D eigenvalue weighted by molar-refractivity contribution is 5.89. The molecule has 5 nitrogen and oxygen atoms in total. The molecular formula is C12H9F3N2O3. The molecule has 0 aliphatic heterocycles. The summed E-state index contributed by atoms with van der Waals surface area (Å²) in [5.41, 5.74) is -0.886. The normalized spacial score (nSPS) is 11.4. The number of halogens is 3. The van der Waals surface area contributed by atoms with Gasteiger partial charge in [-0.15, -0.1) is 0 Å². The van der Waals surface area contributed by atoms with Gasteiger partial charge in [-0.3, -0.25) is 0 Å². The maximum Gasteiger partial charge on any atom is 0.416 e. The molecule has 0 amide bonds. The minimum Gasteiger partial charge on any atom is -0.493 e. The summed E-state index contributed by atoms with van der Waals surface area (Å²) in [7, 11) is 1.28. The van der Waals surface area contributed by atoms with Crippen molar-refractivity contribution >= 4 is 5.97 Å². The molecule has 0 spiro atoms. The van der Waals surface area contributed by atoms with E-state index < -0.39 is 17.7 Å². The van der Waals surface area contributed by atoms with Crippen molar-refractivity contribution in [2.24, 2.45) is 0 Å². The lowest BCUT2D eigenvalue weighted by atomic mass is 10.2. The molecule has 0 bridgehead atoms. The van der Waals surface area contributed by atoms with Crippen LogP contribution >= 0.6 is 0 Å². The van der Waals surface area contributed by atoms with Gasteiger partial charge in [0.15, 0.2) is 11.4 Å². The number of aromatic carboxylic acids is 1. The summed E-state index contributed by atoms with van der Waals surface area (Å²) in [5.74, 6) is -1.27. The molecule has 0 atom stereocenters. The van der Waals surface area contributed by atoms with E-state index in [1.807, 2.05) is 0 Å². The number of rotatable bonds is 3. The third-order valence-corrected chi connectivity index (χ3v) is 2.60. The Morgan fingerprint density at radius 1 is 1.30 bits per heavy atom. The monoisotopic (exact) mass is 286 g/mol. The van der Waals surface area contributed by atoms with E-state index in [0.717, 1.165) is 28.9 Å². The Balaban J connectivity index is 2.47. The van der Waals surface area contributed by atoms with Crippen molar-refractivity contribution in [2.45, 2.75) is 6.18 Å². The molecule has 0 saturated carbocycles. The molecule has 20 heavy (non-hydrogen) atoms. The van der Waals surface area contributed by atoms with Gasteiger partial charge in [-0.05, 0) is 24.3 Å². The van der Waals surface area contributed by atoms with Crippen molar-refractivity contribution in [2.75, 3.05) is 7.11 Å². The van der Waals surface area contributed by atoms with Crippen molar-refractivity contribution in [3.63, 3.8) is 0 Å². The molecule has 0 fully saturated rings. The Morgan fingerprint density at radius 2 is 1.90 bits per heavy atom. The molecule has 0 radical (unpaired) electrons. The molecule has 0 aliphatic rings. The Hall–Kier alpha value is -2.51. The summed E-state index contributed by atoms with van der Waals surface area (Å²) >= 11 is 0. The predicted molar refractivity (Wildman–Crippen MR) is 62.1 cm³/mol. The summed E-state index contributed by atoms with van der Waals surface area (Å²) in [6, 6.07) is 3.99. The first-order valence-electron chi connectivity index (χ1n) is 5.37. The van der Waals surface area contributed by atoms with Gasteiger partial charge in [-0.1, -0.05) is 0 Å². The number of carboxylic acid groups (broad SMARTS) is 1. The molecule has 1 heterocycles. The lowest BCUT2D eigenvalue weighted by molar-refractivity contribution is -0.137. The fourth-order valence-electron chi connectivity index (χ4n) is 1.67. The van der Waals surface area contributed by atoms with Gasteiger partial charge in [-0.2, -0.15) is 18.3 Å². The fraction of sp³-hybridized carbons (Fsp3) is 0.167. The summed E-state index contributed by atoms with van der Waals surface area (Å²) in [5, 5.41) is 12.9. The van der Waals surface area contributed by atoms with E-state index >= 15 is 0 Å². The largest absolute Gasteiger partial charge is 0.493 e. The molecule has 106 valence electrons. The number of benzene rings is 1. The van der Waals surface area contributed by atoms with Crippen LogP contribution in [0.2, 0.25) is 0 Å². The highest BCUT2D eigenvalue weighted by Gasteiger charge is 2.30. The summed E-state index contributed by atoms with van der Waals surface area (Å²) in [4.78, 5) is 11.1. The second kappa shape index (κ2) is 4.87. The number of hydrogen-bond acceptors (Lipinski definition) is 3. The second-order valence-corrected chi connectivity index (χ2v) is 3.82. The quantitative estimate of drug-likeness (QED) is 0.942. The van der Waals surface area contributed by atoms with Gasteiger partial charge in [-0.25, -0.2) is 9.48 Å². The molecule has 1 aromatic heterocycles. The number of carbonyl (C=O) groups is 1. The van der Waals surface area contributed by atoms with Gasteiger partial charge in [0.05, 0.1) is 24.6 Å². The van der Waals surface area contributed by atoms with Crippen molar-refractivity contribution in [3.05, 3.63) is 41.7 Å². The number of hydrogen-bond donors (Lipinski definition) is 1. The minimum absolute atomic E-state index is 0.0254. The van der Waals surface area contributed by atoms with Crippen LogP contribution in [-0.4, -0.2) is 28.0 Å². The number of nitrogens with zero attached hydrogens (tertiary/aromatic N) is 2. The molecular weight excluding hydrogens is 277 g/mol. The standard InChI is InChI=1S/C12H9F3N2O3/c1-20-9-6-16-17(10(9)11(18)19)8-4-2-7(3-5-8)12(13,14)15/h2-6H,1H3,(H,18,19). The lowest BCUT2D eigenvalue weighted by Crippen LogP contribution is -2.10. The molecule has 0 saturated heterocycles. The van der Waals surface area contributed by atoms with Crippen LogP contribution in [0.5, 0.6) is 5.75 Å². The van der Waals surface area contributed by atoms with E-state index in [4.69, 9.17) is 9.84 Å². The molecule has 2 rings (SSSR count). The predicted octanol–water partition coefficient (Wildman–Crippen LogP) is 2.60. The van der Waals surface area contributed by atoms with Gasteiger partial charge < -0.3 is 9.84 Å². The first-order chi connectivity index (χ1) is 9.34. The molecule has 2 aromatic rings. The zero-order valence-electron chi connectivity index (χ0n) is 10.2. The van der Waals surface area contributed by atoms with Crippen LogP contribution in [0, 0.1) is 0 Å². The Labute approximate surface area is 111 Å². The SMILES string of the molecule is COc1cnn(-c2ccc(C(F)(F)F)cc2)c1C(=O)O. The van der Waals surface area contributed by atoms with Gasteiger partial charge in [0.2, 0.25) is 0 Å². The molecule has 1 aromatic carbocycles. The highest BCUT2D eigenvalue weighted by atomic mass is 19.4. The van der Waals surface area contributed by atoms with Crippen LogP contribution in [0.4, 0.5) is 13.2 Å². The number of methoxy groups -OCH3 is 1. The number of aromatic nitrogens is 2. The maximum absolute atomic E-state index is 12.5. The van der Waals surface area contributed by atoms with Gasteiger partial charge in [0.1, 0.15) is 0 Å². The Morgan fingerprint density at radius 3 is 2.35 bits per heavy atom. The van der Waals surface area contributed by atoms with E-state index in [1.165, 1.54) is 13.3 Å². The summed E-state index contributed by atoms with van der Waals surface area (Å²) in [6.45, 7) is 0. The van der Waals surface area contributed by atoms with Crippen molar-refractivity contribution in [1.29, 1.82) is 0 Å². The Bertz CT molecular complexity index is 632. The second-order valence-electron chi connectivity index (χ2n) is 3.82. The Kier molecular flexibility index (Phi) is 3.39. The molecule has 8 heteroatoms. The van der Waals surface area contributed by atoms with Crippen molar-refractivity contribution < 1.29 is 27.8 Å². The van der Waals surface area contributed by atoms with Crippen LogP contribution in [0.25, 0.3) is 5.69 Å². The third-order valence-electron chi connectivity index (χ3n) is 2.60. The summed E-state index contributed by atoms with van der Waals surface area (Å²) < 4.78 is 43.2. The van der Waals surface area contributed by atoms with Crippen LogP contribution in [0.15, 0.2) is 30.5 Å². The van der Waals surface area contributed by atoms with E-state index in [-0.39, 0.29) is 17.1 Å². The van der Waals surface area contributed by atoms with E-state index in [2.05, 4.69) is 5.10 Å². The average molecular weight is 286 g/mol. The van der Waals surface area contributed by atoms with Crippen LogP contribution < -0.4 is 4.74 Å². The first kappa shape index (κ1) is 13.9. The zero-order valence-corrected chi connectivity index (χ0v) is 10.2.